The second-order valence-corrected chi connectivity index (χ2v) is 10.8. The highest BCUT2D eigenvalue weighted by Gasteiger charge is 2.32. The Kier molecular flexibility index (Phi) is 10.0. The molecular weight excluding hydrogens is 507 g/mol. The Morgan fingerprint density at radius 3 is 2.32 bits per heavy atom. The van der Waals surface area contributed by atoms with Crippen LogP contribution in [0.1, 0.15) is 42.4 Å². The van der Waals surface area contributed by atoms with E-state index in [1.165, 1.54) is 23.9 Å². The molecule has 1 saturated carbocycles. The Bertz CT molecular complexity index is 1170. The SMILES string of the molecule is O=C(NC1CCCC1)[C@H](Cc1ccccc1)N(Cc1ccccc1Cl)C(=O)CSCc1ccc(F)cc1. The van der Waals surface area contributed by atoms with E-state index >= 15 is 0 Å². The van der Waals surface area contributed by atoms with Gasteiger partial charge < -0.3 is 10.2 Å². The van der Waals surface area contributed by atoms with Crippen molar-refractivity contribution < 1.29 is 14.0 Å². The summed E-state index contributed by atoms with van der Waals surface area (Å²) in [5.41, 5.74) is 2.73. The largest absolute Gasteiger partial charge is 0.352 e. The maximum atomic E-state index is 13.7. The summed E-state index contributed by atoms with van der Waals surface area (Å²) in [4.78, 5) is 29.0. The van der Waals surface area contributed by atoms with Crippen LogP contribution in [0.4, 0.5) is 4.39 Å². The zero-order valence-corrected chi connectivity index (χ0v) is 22.3. The van der Waals surface area contributed by atoms with Crippen LogP contribution >= 0.6 is 23.4 Å². The summed E-state index contributed by atoms with van der Waals surface area (Å²) in [5, 5.41) is 3.78. The molecule has 1 atom stereocenters. The fourth-order valence-corrected chi connectivity index (χ4v) is 5.72. The minimum atomic E-state index is -0.668. The minimum absolute atomic E-state index is 0.125. The van der Waals surface area contributed by atoms with Gasteiger partial charge in [-0.3, -0.25) is 9.59 Å². The second kappa shape index (κ2) is 13.6. The van der Waals surface area contributed by atoms with E-state index in [2.05, 4.69) is 5.32 Å². The van der Waals surface area contributed by atoms with Crippen molar-refractivity contribution in [3.63, 3.8) is 0 Å². The molecule has 4 nitrogen and oxygen atoms in total. The summed E-state index contributed by atoms with van der Waals surface area (Å²) in [6.45, 7) is 0.241. The van der Waals surface area contributed by atoms with E-state index in [4.69, 9.17) is 11.6 Å². The Morgan fingerprint density at radius 2 is 1.62 bits per heavy atom. The van der Waals surface area contributed by atoms with Crippen LogP contribution in [0.5, 0.6) is 0 Å². The molecule has 1 aliphatic rings. The second-order valence-electron chi connectivity index (χ2n) is 9.43. The number of thioether (sulfide) groups is 1. The highest BCUT2D eigenvalue weighted by atomic mass is 35.5. The minimum Gasteiger partial charge on any atom is -0.352 e. The molecule has 0 aromatic heterocycles. The predicted octanol–water partition coefficient (Wildman–Crippen LogP) is 6.41. The van der Waals surface area contributed by atoms with Gasteiger partial charge in [0.15, 0.2) is 0 Å². The quantitative estimate of drug-likeness (QED) is 0.307. The standard InChI is InChI=1S/C30H32ClFN2O2S/c31-27-13-7-4-10-24(27)19-34(29(35)21-37-20-23-14-16-25(32)17-15-23)28(18-22-8-2-1-3-9-22)30(36)33-26-11-5-6-12-26/h1-4,7-10,13-17,26,28H,5-6,11-12,18-21H2,(H,33,36)/t28-/m0/s1. The van der Waals surface area contributed by atoms with Crippen molar-refractivity contribution in [2.24, 2.45) is 0 Å². The molecular formula is C30H32ClFN2O2S. The molecule has 0 spiro atoms. The number of hydrogen-bond donors (Lipinski definition) is 1. The highest BCUT2D eigenvalue weighted by Crippen LogP contribution is 2.23. The van der Waals surface area contributed by atoms with E-state index in [-0.39, 0.29) is 36.0 Å². The third-order valence-corrected chi connectivity index (χ3v) is 8.04. The van der Waals surface area contributed by atoms with Crippen molar-refractivity contribution in [1.29, 1.82) is 0 Å². The summed E-state index contributed by atoms with van der Waals surface area (Å²) >= 11 is 7.93. The van der Waals surface area contributed by atoms with E-state index in [0.29, 0.717) is 17.2 Å². The van der Waals surface area contributed by atoms with Crippen molar-refractivity contribution in [1.82, 2.24) is 10.2 Å². The lowest BCUT2D eigenvalue weighted by atomic mass is 10.0. The van der Waals surface area contributed by atoms with Crippen LogP contribution < -0.4 is 5.32 Å². The van der Waals surface area contributed by atoms with Crippen molar-refractivity contribution >= 4 is 35.2 Å². The molecule has 7 heteroatoms. The number of nitrogens with one attached hydrogen (secondary N) is 1. The van der Waals surface area contributed by atoms with Gasteiger partial charge >= 0.3 is 0 Å². The number of amides is 2. The van der Waals surface area contributed by atoms with Gasteiger partial charge in [0.2, 0.25) is 11.8 Å². The maximum absolute atomic E-state index is 13.7. The van der Waals surface area contributed by atoms with E-state index in [0.717, 1.165) is 42.4 Å². The lowest BCUT2D eigenvalue weighted by Crippen LogP contribution is -2.52. The van der Waals surface area contributed by atoms with Gasteiger partial charge in [0.25, 0.3) is 0 Å². The zero-order chi connectivity index (χ0) is 26.0. The molecule has 0 saturated heterocycles. The monoisotopic (exact) mass is 538 g/mol. The lowest BCUT2D eigenvalue weighted by Gasteiger charge is -2.32. The molecule has 1 N–H and O–H groups in total. The van der Waals surface area contributed by atoms with Gasteiger partial charge in [0.05, 0.1) is 5.75 Å². The number of rotatable bonds is 11. The molecule has 1 fully saturated rings. The third-order valence-electron chi connectivity index (χ3n) is 6.68. The Hall–Kier alpha value is -2.83. The summed E-state index contributed by atoms with van der Waals surface area (Å²) in [6, 6.07) is 23.0. The molecule has 194 valence electrons. The first-order valence-electron chi connectivity index (χ1n) is 12.7. The lowest BCUT2D eigenvalue weighted by molar-refractivity contribution is -0.139. The summed E-state index contributed by atoms with van der Waals surface area (Å²) in [7, 11) is 0. The molecule has 0 bridgehead atoms. The van der Waals surface area contributed by atoms with Gasteiger partial charge in [-0.25, -0.2) is 4.39 Å². The summed E-state index contributed by atoms with van der Waals surface area (Å²) in [6.07, 6.45) is 4.57. The van der Waals surface area contributed by atoms with E-state index < -0.39 is 6.04 Å². The fraction of sp³-hybridized carbons (Fsp3) is 0.333. The number of nitrogens with zero attached hydrogens (tertiary/aromatic N) is 1. The maximum Gasteiger partial charge on any atom is 0.243 e. The first-order valence-corrected chi connectivity index (χ1v) is 14.2. The van der Waals surface area contributed by atoms with Crippen LogP contribution in [0, 0.1) is 5.82 Å². The molecule has 0 unspecified atom stereocenters. The van der Waals surface area contributed by atoms with Gasteiger partial charge in [-0.1, -0.05) is 85.1 Å². The van der Waals surface area contributed by atoms with Gasteiger partial charge in [-0.15, -0.1) is 11.8 Å². The Morgan fingerprint density at radius 1 is 0.946 bits per heavy atom. The predicted molar refractivity (Wildman–Crippen MR) is 149 cm³/mol. The molecule has 3 aromatic rings. The third kappa shape index (κ3) is 8.08. The molecule has 0 radical (unpaired) electrons. The van der Waals surface area contributed by atoms with E-state index in [1.807, 2.05) is 48.5 Å². The smallest absolute Gasteiger partial charge is 0.243 e. The van der Waals surface area contributed by atoms with Gasteiger partial charge in [-0.05, 0) is 47.7 Å². The van der Waals surface area contributed by atoms with Crippen LogP contribution in [0.2, 0.25) is 5.02 Å². The molecule has 0 heterocycles. The fourth-order valence-electron chi connectivity index (χ4n) is 4.65. The van der Waals surface area contributed by atoms with Crippen molar-refractivity contribution in [3.8, 4) is 0 Å². The first kappa shape index (κ1) is 27.2. The van der Waals surface area contributed by atoms with Crippen molar-refractivity contribution in [2.75, 3.05) is 5.75 Å². The number of halogens is 2. The number of carbonyl (C=O) groups is 2. The van der Waals surface area contributed by atoms with E-state index in [9.17, 15) is 14.0 Å². The molecule has 0 aliphatic heterocycles. The summed E-state index contributed by atoms with van der Waals surface area (Å²) in [5.74, 6) is 0.231. The van der Waals surface area contributed by atoms with Crippen LogP contribution in [0.3, 0.4) is 0 Å². The van der Waals surface area contributed by atoms with E-state index in [1.54, 1.807) is 23.1 Å². The zero-order valence-electron chi connectivity index (χ0n) is 20.7. The van der Waals surface area contributed by atoms with Gasteiger partial charge in [-0.2, -0.15) is 0 Å². The Balaban J connectivity index is 1.56. The average molecular weight is 539 g/mol. The molecule has 3 aromatic carbocycles. The Labute approximate surface area is 227 Å². The van der Waals surface area contributed by atoms with Crippen molar-refractivity contribution in [2.45, 2.75) is 56.5 Å². The van der Waals surface area contributed by atoms with Crippen LogP contribution in [-0.2, 0) is 28.3 Å². The highest BCUT2D eigenvalue weighted by molar-refractivity contribution is 7.99. The number of hydrogen-bond acceptors (Lipinski definition) is 3. The topological polar surface area (TPSA) is 49.4 Å². The van der Waals surface area contributed by atoms with Crippen LogP contribution in [-0.4, -0.2) is 34.6 Å². The number of benzene rings is 3. The normalized spacial score (nSPS) is 14.3. The van der Waals surface area contributed by atoms with Crippen LogP contribution in [0.15, 0.2) is 78.9 Å². The molecule has 4 rings (SSSR count). The average Bonchev–Trinajstić information content (AvgIpc) is 3.42. The van der Waals surface area contributed by atoms with Crippen molar-refractivity contribution in [3.05, 3.63) is 106 Å². The molecule has 37 heavy (non-hydrogen) atoms. The van der Waals surface area contributed by atoms with Gasteiger partial charge in [0.1, 0.15) is 11.9 Å². The van der Waals surface area contributed by atoms with Crippen LogP contribution in [0.25, 0.3) is 0 Å². The molecule has 2 amide bonds. The molecule has 1 aliphatic carbocycles. The van der Waals surface area contributed by atoms with Gasteiger partial charge in [0, 0.05) is 29.8 Å². The summed E-state index contributed by atoms with van der Waals surface area (Å²) < 4.78 is 13.3. The number of carbonyl (C=O) groups excluding carboxylic acids is 2. The first-order chi connectivity index (χ1) is 18.0.